The van der Waals surface area contributed by atoms with Crippen molar-refractivity contribution in [1.82, 2.24) is 15.5 Å². The van der Waals surface area contributed by atoms with Gasteiger partial charge in [0.1, 0.15) is 0 Å². The van der Waals surface area contributed by atoms with Crippen LogP contribution in [0.5, 0.6) is 0 Å². The average molecular weight is 328 g/mol. The Balaban J connectivity index is 2.43. The highest BCUT2D eigenvalue weighted by Crippen LogP contribution is 2.16. The lowest BCUT2D eigenvalue weighted by Gasteiger charge is -2.25. The third-order valence-electron chi connectivity index (χ3n) is 3.58. The van der Waals surface area contributed by atoms with E-state index in [-0.39, 0.29) is 12.6 Å². The lowest BCUT2D eigenvalue weighted by Crippen LogP contribution is -2.43. The number of benzene rings is 1. The van der Waals surface area contributed by atoms with Crippen molar-refractivity contribution in [1.29, 1.82) is 0 Å². The zero-order valence-corrected chi connectivity index (χ0v) is 14.2. The minimum Gasteiger partial charge on any atom is -0.394 e. The van der Waals surface area contributed by atoms with Crippen molar-refractivity contribution in [3.8, 4) is 0 Å². The minimum absolute atomic E-state index is 0.165. The van der Waals surface area contributed by atoms with Crippen LogP contribution in [0.3, 0.4) is 0 Å². The predicted molar refractivity (Wildman–Crippen MR) is 90.2 cm³/mol. The number of hydrogen-bond donors (Lipinski definition) is 3. The van der Waals surface area contributed by atoms with E-state index in [0.717, 1.165) is 18.7 Å². The summed E-state index contributed by atoms with van der Waals surface area (Å²) in [4.78, 5) is 14.2. The van der Waals surface area contributed by atoms with Crippen molar-refractivity contribution in [2.45, 2.75) is 32.9 Å². The summed E-state index contributed by atoms with van der Waals surface area (Å²) in [6, 6.07) is 6.79. The van der Waals surface area contributed by atoms with Gasteiger partial charge in [0.05, 0.1) is 12.6 Å². The summed E-state index contributed by atoms with van der Waals surface area (Å²) < 4.78 is 0. The molecule has 0 saturated carbocycles. The van der Waals surface area contributed by atoms with Gasteiger partial charge < -0.3 is 15.7 Å². The first-order valence-corrected chi connectivity index (χ1v) is 8.00. The molecule has 0 spiro atoms. The molecule has 124 valence electrons. The average Bonchev–Trinajstić information content (AvgIpc) is 2.49. The van der Waals surface area contributed by atoms with Gasteiger partial charge >= 0.3 is 6.03 Å². The van der Waals surface area contributed by atoms with E-state index in [2.05, 4.69) is 36.3 Å². The van der Waals surface area contributed by atoms with Crippen LogP contribution in [0.4, 0.5) is 4.79 Å². The molecule has 1 atom stereocenters. The Hall–Kier alpha value is -1.30. The maximum atomic E-state index is 11.9. The maximum absolute atomic E-state index is 11.9. The van der Waals surface area contributed by atoms with Gasteiger partial charge in [-0.2, -0.15) is 0 Å². The van der Waals surface area contributed by atoms with E-state index in [1.807, 2.05) is 0 Å². The normalized spacial score (nSPS) is 12.5. The summed E-state index contributed by atoms with van der Waals surface area (Å²) in [6.07, 6.45) is 0. The van der Waals surface area contributed by atoms with Crippen molar-refractivity contribution in [3.63, 3.8) is 0 Å². The van der Waals surface area contributed by atoms with Gasteiger partial charge in [-0.15, -0.1) is 0 Å². The van der Waals surface area contributed by atoms with Crippen LogP contribution in [0.25, 0.3) is 0 Å². The summed E-state index contributed by atoms with van der Waals surface area (Å²) in [5.74, 6) is 0. The first-order chi connectivity index (χ1) is 10.5. The van der Waals surface area contributed by atoms with Gasteiger partial charge in [-0.3, -0.25) is 4.90 Å². The molecule has 0 saturated heterocycles. The molecular weight excluding hydrogens is 302 g/mol. The fourth-order valence-electron chi connectivity index (χ4n) is 2.23. The van der Waals surface area contributed by atoms with Crippen LogP contribution in [-0.2, 0) is 0 Å². The second kappa shape index (κ2) is 9.66. The van der Waals surface area contributed by atoms with Gasteiger partial charge in [0, 0.05) is 24.2 Å². The van der Waals surface area contributed by atoms with Gasteiger partial charge in [-0.1, -0.05) is 30.7 Å². The zero-order valence-electron chi connectivity index (χ0n) is 13.5. The molecule has 1 aromatic rings. The monoisotopic (exact) mass is 327 g/mol. The molecule has 22 heavy (non-hydrogen) atoms. The highest BCUT2D eigenvalue weighted by Gasteiger charge is 2.14. The van der Waals surface area contributed by atoms with Crippen LogP contribution < -0.4 is 10.6 Å². The largest absolute Gasteiger partial charge is 0.394 e. The predicted octanol–water partition coefficient (Wildman–Crippen LogP) is 2.40. The number of amides is 2. The Morgan fingerprint density at radius 2 is 1.95 bits per heavy atom. The summed E-state index contributed by atoms with van der Waals surface area (Å²) >= 11 is 5.84. The van der Waals surface area contributed by atoms with E-state index >= 15 is 0 Å². The standard InChI is InChI=1S/C16H26ClN3O2/c1-4-20(12(2)3)10-9-18-16(22)19-15(11-21)13-5-7-14(17)8-6-13/h5-8,12,15,21H,4,9-11H2,1-3H3,(H2,18,19,22). The molecule has 0 aliphatic carbocycles. The number of likely N-dealkylation sites (N-methyl/N-ethyl adjacent to an activating group) is 1. The van der Waals surface area contributed by atoms with Gasteiger partial charge in [0.25, 0.3) is 0 Å². The smallest absolute Gasteiger partial charge is 0.315 e. The number of hydrogen-bond acceptors (Lipinski definition) is 3. The molecule has 0 aromatic heterocycles. The van der Waals surface area contributed by atoms with Crippen LogP contribution in [0.15, 0.2) is 24.3 Å². The quantitative estimate of drug-likeness (QED) is 0.687. The number of rotatable bonds is 8. The first kappa shape index (κ1) is 18.7. The molecule has 0 bridgehead atoms. The van der Waals surface area contributed by atoms with Crippen LogP contribution in [0.1, 0.15) is 32.4 Å². The van der Waals surface area contributed by atoms with Gasteiger partial charge in [0.2, 0.25) is 0 Å². The van der Waals surface area contributed by atoms with E-state index in [9.17, 15) is 9.90 Å². The summed E-state index contributed by atoms with van der Waals surface area (Å²) in [6.45, 7) is 8.51. The van der Waals surface area contributed by atoms with Crippen molar-refractivity contribution < 1.29 is 9.90 Å². The van der Waals surface area contributed by atoms with Gasteiger partial charge in [-0.25, -0.2) is 4.79 Å². The van der Waals surface area contributed by atoms with Crippen molar-refractivity contribution in [2.75, 3.05) is 26.2 Å². The Morgan fingerprint density at radius 1 is 1.32 bits per heavy atom. The molecule has 0 fully saturated rings. The molecular formula is C16H26ClN3O2. The summed E-state index contributed by atoms with van der Waals surface area (Å²) in [5.41, 5.74) is 0.819. The Labute approximate surface area is 137 Å². The molecule has 1 rings (SSSR count). The van der Waals surface area contributed by atoms with Crippen LogP contribution in [0.2, 0.25) is 5.02 Å². The fraction of sp³-hybridized carbons (Fsp3) is 0.562. The third kappa shape index (κ3) is 6.22. The van der Waals surface area contributed by atoms with E-state index in [1.165, 1.54) is 0 Å². The fourth-order valence-corrected chi connectivity index (χ4v) is 2.36. The second-order valence-corrected chi connectivity index (χ2v) is 5.85. The van der Waals surface area contributed by atoms with Crippen molar-refractivity contribution in [3.05, 3.63) is 34.9 Å². The number of halogens is 1. The Morgan fingerprint density at radius 3 is 2.45 bits per heavy atom. The molecule has 1 aromatic carbocycles. The van der Waals surface area contributed by atoms with Gasteiger partial charge in [0.15, 0.2) is 0 Å². The molecule has 5 nitrogen and oxygen atoms in total. The Bertz CT molecular complexity index is 451. The van der Waals surface area contributed by atoms with Crippen molar-refractivity contribution >= 4 is 17.6 Å². The topological polar surface area (TPSA) is 64.6 Å². The van der Waals surface area contributed by atoms with Crippen LogP contribution in [0, 0.1) is 0 Å². The molecule has 0 heterocycles. The molecule has 0 radical (unpaired) electrons. The van der Waals surface area contributed by atoms with E-state index < -0.39 is 6.04 Å². The molecule has 3 N–H and O–H groups in total. The summed E-state index contributed by atoms with van der Waals surface area (Å²) in [5, 5.41) is 15.6. The summed E-state index contributed by atoms with van der Waals surface area (Å²) in [7, 11) is 0. The molecule has 0 aliphatic rings. The molecule has 6 heteroatoms. The minimum atomic E-state index is -0.440. The number of urea groups is 1. The zero-order chi connectivity index (χ0) is 16.5. The number of carbonyl (C=O) groups is 1. The molecule has 2 amide bonds. The van der Waals surface area contributed by atoms with Crippen LogP contribution >= 0.6 is 11.6 Å². The number of aliphatic hydroxyl groups excluding tert-OH is 1. The lowest BCUT2D eigenvalue weighted by molar-refractivity contribution is 0.209. The van der Waals surface area contributed by atoms with Gasteiger partial charge in [-0.05, 0) is 38.1 Å². The van der Waals surface area contributed by atoms with E-state index in [1.54, 1.807) is 24.3 Å². The molecule has 1 unspecified atom stereocenters. The maximum Gasteiger partial charge on any atom is 0.315 e. The molecule has 0 aliphatic heterocycles. The second-order valence-electron chi connectivity index (χ2n) is 5.41. The van der Waals surface area contributed by atoms with Crippen molar-refractivity contribution in [2.24, 2.45) is 0 Å². The number of aliphatic hydroxyl groups is 1. The van der Waals surface area contributed by atoms with E-state index in [0.29, 0.717) is 17.6 Å². The SMILES string of the molecule is CCN(CCNC(=O)NC(CO)c1ccc(Cl)cc1)C(C)C. The Kier molecular flexibility index (Phi) is 8.24. The number of nitrogens with one attached hydrogen (secondary N) is 2. The number of nitrogens with zero attached hydrogens (tertiary/aromatic N) is 1. The van der Waals surface area contributed by atoms with E-state index in [4.69, 9.17) is 11.6 Å². The third-order valence-corrected chi connectivity index (χ3v) is 3.83. The lowest BCUT2D eigenvalue weighted by atomic mass is 10.1. The number of carbonyl (C=O) groups excluding carboxylic acids is 1. The van der Waals surface area contributed by atoms with Crippen LogP contribution in [-0.4, -0.2) is 48.3 Å². The first-order valence-electron chi connectivity index (χ1n) is 7.62. The highest BCUT2D eigenvalue weighted by molar-refractivity contribution is 6.30. The highest BCUT2D eigenvalue weighted by atomic mass is 35.5.